The summed E-state index contributed by atoms with van der Waals surface area (Å²) >= 11 is 0. The van der Waals surface area contributed by atoms with E-state index >= 15 is 0 Å². The van der Waals surface area contributed by atoms with Crippen LogP contribution in [0.1, 0.15) is 0 Å². The van der Waals surface area contributed by atoms with Crippen molar-refractivity contribution >= 4 is 65.2 Å². The van der Waals surface area contributed by atoms with Crippen molar-refractivity contribution in [2.45, 2.75) is 0 Å². The van der Waals surface area contributed by atoms with Gasteiger partial charge in [0, 0.05) is 49.6 Å². The van der Waals surface area contributed by atoms with Crippen molar-refractivity contribution in [2.75, 3.05) is 0 Å². The third-order valence-corrected chi connectivity index (χ3v) is 11.7. The van der Waals surface area contributed by atoms with Gasteiger partial charge in [0.1, 0.15) is 0 Å². The molecule has 12 aromatic rings. The maximum absolute atomic E-state index is 5.27. The van der Waals surface area contributed by atoms with Crippen LogP contribution in [-0.4, -0.2) is 19.1 Å². The molecular formula is C54H34N4. The Hall–Kier alpha value is -7.82. The largest absolute Gasteiger partial charge is 0.309 e. The molecule has 12 rings (SSSR count). The lowest BCUT2D eigenvalue weighted by molar-refractivity contribution is 1.17. The smallest absolute Gasteiger partial charge is 0.161 e. The molecule has 0 aliphatic carbocycles. The van der Waals surface area contributed by atoms with Crippen LogP contribution in [0.5, 0.6) is 0 Å². The minimum atomic E-state index is 0.705. The van der Waals surface area contributed by atoms with E-state index in [-0.39, 0.29) is 0 Å². The van der Waals surface area contributed by atoms with Gasteiger partial charge in [-0.3, -0.25) is 0 Å². The van der Waals surface area contributed by atoms with E-state index < -0.39 is 0 Å². The Bertz CT molecular complexity index is 3560. The second kappa shape index (κ2) is 12.9. The Labute approximate surface area is 334 Å². The summed E-state index contributed by atoms with van der Waals surface area (Å²) < 4.78 is 4.82. The molecule has 4 heteroatoms. The zero-order valence-electron chi connectivity index (χ0n) is 31.4. The maximum Gasteiger partial charge on any atom is 0.161 e. The van der Waals surface area contributed by atoms with Gasteiger partial charge in [0.25, 0.3) is 0 Å². The van der Waals surface area contributed by atoms with E-state index in [4.69, 9.17) is 9.97 Å². The van der Waals surface area contributed by atoms with Crippen LogP contribution in [-0.2, 0) is 0 Å². The number of nitrogens with zero attached hydrogens (tertiary/aromatic N) is 4. The average Bonchev–Trinajstić information content (AvgIpc) is 3.82. The molecule has 0 unspecified atom stereocenters. The van der Waals surface area contributed by atoms with E-state index in [1.54, 1.807) is 0 Å². The molecule has 270 valence electrons. The first-order valence-electron chi connectivity index (χ1n) is 19.7. The molecule has 0 bridgehead atoms. The lowest BCUT2D eigenvalue weighted by atomic mass is 10.0. The predicted molar refractivity (Wildman–Crippen MR) is 242 cm³/mol. The van der Waals surface area contributed by atoms with Gasteiger partial charge in [0.05, 0.1) is 33.5 Å². The number of hydrogen-bond donors (Lipinski definition) is 0. The first-order valence-corrected chi connectivity index (χ1v) is 19.7. The van der Waals surface area contributed by atoms with E-state index in [9.17, 15) is 0 Å². The molecule has 0 amide bonds. The molecule has 3 heterocycles. The number of para-hydroxylation sites is 3. The molecular weight excluding hydrogens is 705 g/mol. The van der Waals surface area contributed by atoms with Crippen LogP contribution in [0, 0.1) is 0 Å². The third-order valence-electron chi connectivity index (χ3n) is 11.7. The van der Waals surface area contributed by atoms with Gasteiger partial charge >= 0.3 is 0 Å². The summed E-state index contributed by atoms with van der Waals surface area (Å²) in [6.07, 6.45) is 0. The molecule has 0 saturated carbocycles. The van der Waals surface area contributed by atoms with E-state index in [2.05, 4.69) is 209 Å². The average molecular weight is 739 g/mol. The van der Waals surface area contributed by atoms with Crippen molar-refractivity contribution in [3.63, 3.8) is 0 Å². The van der Waals surface area contributed by atoms with Gasteiger partial charge in [-0.2, -0.15) is 0 Å². The lowest BCUT2D eigenvalue weighted by Gasteiger charge is -2.13. The zero-order valence-corrected chi connectivity index (χ0v) is 31.4. The van der Waals surface area contributed by atoms with Crippen molar-refractivity contribution in [3.8, 4) is 45.3 Å². The normalized spacial score (nSPS) is 11.8. The summed E-state index contributed by atoms with van der Waals surface area (Å²) in [5, 5.41) is 9.65. The van der Waals surface area contributed by atoms with E-state index in [0.29, 0.717) is 5.82 Å². The summed E-state index contributed by atoms with van der Waals surface area (Å²) in [6.45, 7) is 0. The van der Waals surface area contributed by atoms with Gasteiger partial charge in [0.2, 0.25) is 0 Å². The third kappa shape index (κ3) is 5.02. The summed E-state index contributed by atoms with van der Waals surface area (Å²) in [6, 6.07) is 73.7. The Balaban J connectivity index is 1.06. The number of fused-ring (bicyclic) bond motifs is 9. The minimum absolute atomic E-state index is 0.705. The zero-order chi connectivity index (χ0) is 38.2. The summed E-state index contributed by atoms with van der Waals surface area (Å²) in [7, 11) is 0. The van der Waals surface area contributed by atoms with Crippen molar-refractivity contribution in [3.05, 3.63) is 206 Å². The van der Waals surface area contributed by atoms with E-state index in [1.807, 2.05) is 6.07 Å². The summed E-state index contributed by atoms with van der Waals surface area (Å²) in [4.78, 5) is 10.5. The molecule has 58 heavy (non-hydrogen) atoms. The minimum Gasteiger partial charge on any atom is -0.309 e. The molecule has 0 aliphatic heterocycles. The predicted octanol–water partition coefficient (Wildman–Crippen LogP) is 14.0. The summed E-state index contributed by atoms with van der Waals surface area (Å²) in [5.41, 5.74) is 11.9. The van der Waals surface area contributed by atoms with Gasteiger partial charge in [-0.05, 0) is 82.2 Å². The van der Waals surface area contributed by atoms with Crippen LogP contribution in [0.15, 0.2) is 206 Å². The highest BCUT2D eigenvalue weighted by atomic mass is 15.0. The molecule has 0 atom stereocenters. The van der Waals surface area contributed by atoms with Crippen molar-refractivity contribution < 1.29 is 0 Å². The number of rotatable bonds is 5. The van der Waals surface area contributed by atoms with Gasteiger partial charge in [-0.15, -0.1) is 0 Å². The van der Waals surface area contributed by atoms with Crippen LogP contribution in [0.4, 0.5) is 0 Å². The van der Waals surface area contributed by atoms with Gasteiger partial charge in [-0.25, -0.2) is 9.97 Å². The van der Waals surface area contributed by atoms with Crippen LogP contribution >= 0.6 is 0 Å². The van der Waals surface area contributed by atoms with E-state index in [0.717, 1.165) is 50.2 Å². The van der Waals surface area contributed by atoms with Crippen LogP contribution in [0.2, 0.25) is 0 Å². The van der Waals surface area contributed by atoms with Crippen molar-refractivity contribution in [1.29, 1.82) is 0 Å². The molecule has 0 aliphatic rings. The number of aromatic nitrogens is 4. The fraction of sp³-hybridized carbons (Fsp3) is 0. The first-order chi connectivity index (χ1) is 28.8. The Morgan fingerprint density at radius 1 is 0.310 bits per heavy atom. The molecule has 4 nitrogen and oxygen atoms in total. The molecule has 0 fully saturated rings. The molecule has 3 aromatic heterocycles. The topological polar surface area (TPSA) is 35.6 Å². The highest BCUT2D eigenvalue weighted by Crippen LogP contribution is 2.43. The van der Waals surface area contributed by atoms with E-state index in [1.165, 1.54) is 54.4 Å². The van der Waals surface area contributed by atoms with Gasteiger partial charge < -0.3 is 9.13 Å². The molecule has 0 spiro atoms. The summed E-state index contributed by atoms with van der Waals surface area (Å²) in [5.74, 6) is 0.705. The van der Waals surface area contributed by atoms with Gasteiger partial charge in [-0.1, -0.05) is 146 Å². The van der Waals surface area contributed by atoms with Crippen molar-refractivity contribution in [1.82, 2.24) is 19.1 Å². The Morgan fingerprint density at radius 2 is 0.897 bits per heavy atom. The first kappa shape index (κ1) is 32.4. The molecule has 9 aromatic carbocycles. The molecule has 0 radical (unpaired) electrons. The van der Waals surface area contributed by atoms with Crippen molar-refractivity contribution in [2.24, 2.45) is 0 Å². The maximum atomic E-state index is 5.27. The molecule has 0 saturated heterocycles. The van der Waals surface area contributed by atoms with Crippen LogP contribution in [0.25, 0.3) is 110 Å². The quantitative estimate of drug-likeness (QED) is 0.176. The lowest BCUT2D eigenvalue weighted by Crippen LogP contribution is -1.97. The standard InChI is InChI=1S/C54H34N4/c1-3-15-36(16-4-1)46-34-47(39-27-26-35-14-7-8-17-37(35)32-39)56-54(55-46)43-23-13-18-38-33-41(28-29-42(38)43)58-49-25-12-10-22-45(49)53-51(58)31-30-50-52(53)44-21-9-11-24-48(44)57(50)40-19-5-2-6-20-40/h1-34H. The fourth-order valence-electron chi connectivity index (χ4n) is 9.08. The fourth-order valence-corrected chi connectivity index (χ4v) is 9.08. The Kier molecular flexibility index (Phi) is 7.20. The highest BCUT2D eigenvalue weighted by Gasteiger charge is 2.21. The van der Waals surface area contributed by atoms with Crippen LogP contribution < -0.4 is 0 Å². The highest BCUT2D eigenvalue weighted by molar-refractivity contribution is 6.29. The second-order valence-corrected chi connectivity index (χ2v) is 15.0. The SMILES string of the molecule is c1ccc(-c2cc(-c3ccc4ccccc4c3)nc(-c3cccc4cc(-n5c6ccccc6c6c7c8ccccc8n(-c8ccccc8)c7ccc65)ccc34)n2)cc1. The van der Waals surface area contributed by atoms with Gasteiger partial charge in [0.15, 0.2) is 5.82 Å². The molecule has 0 N–H and O–H groups in total. The Morgan fingerprint density at radius 3 is 1.62 bits per heavy atom. The monoisotopic (exact) mass is 738 g/mol. The number of hydrogen-bond acceptors (Lipinski definition) is 2. The number of benzene rings is 9. The van der Waals surface area contributed by atoms with Crippen LogP contribution in [0.3, 0.4) is 0 Å². The second-order valence-electron chi connectivity index (χ2n) is 15.0.